The fraction of sp³-hybridized carbons (Fsp3) is 0.444. The fourth-order valence-electron chi connectivity index (χ4n) is 4.37. The molecule has 8 heteroatoms. The number of methoxy groups -OCH3 is 1. The highest BCUT2D eigenvalue weighted by Crippen LogP contribution is 2.46. The number of urea groups is 1. The van der Waals surface area contributed by atoms with Crippen molar-refractivity contribution in [2.75, 3.05) is 18.6 Å². The Morgan fingerprint density at radius 3 is 2.31 bits per heavy atom. The Balaban J connectivity index is 1.45. The van der Waals surface area contributed by atoms with Crippen LogP contribution in [0.4, 0.5) is 15.3 Å². The van der Waals surface area contributed by atoms with Crippen LogP contribution in [0.15, 0.2) is 48.5 Å². The summed E-state index contributed by atoms with van der Waals surface area (Å²) in [5.74, 6) is -0.245. The van der Waals surface area contributed by atoms with Gasteiger partial charge in [-0.3, -0.25) is 9.69 Å². The maximum Gasteiger partial charge on any atom is 0.408 e. The lowest BCUT2D eigenvalue weighted by Crippen LogP contribution is -2.39. The van der Waals surface area contributed by atoms with E-state index < -0.39 is 11.7 Å². The van der Waals surface area contributed by atoms with E-state index in [1.54, 1.807) is 4.90 Å². The Kier molecular flexibility index (Phi) is 6.74. The van der Waals surface area contributed by atoms with E-state index in [4.69, 9.17) is 9.47 Å². The highest BCUT2D eigenvalue weighted by Gasteiger charge is 2.46. The number of carbonyl (C=O) groups is 3. The van der Waals surface area contributed by atoms with Gasteiger partial charge in [-0.2, -0.15) is 0 Å². The Bertz CT molecular complexity index is 1090. The molecule has 1 saturated carbocycles. The van der Waals surface area contributed by atoms with E-state index in [0.29, 0.717) is 19.4 Å². The molecular formula is C27H33N3O5. The molecule has 2 aliphatic rings. The van der Waals surface area contributed by atoms with Crippen molar-refractivity contribution in [3.8, 4) is 0 Å². The third kappa shape index (κ3) is 5.75. The van der Waals surface area contributed by atoms with Crippen LogP contribution in [0.3, 0.4) is 0 Å². The highest BCUT2D eigenvalue weighted by atomic mass is 16.6. The first-order valence-electron chi connectivity index (χ1n) is 11.9. The number of esters is 1. The van der Waals surface area contributed by atoms with E-state index in [1.165, 1.54) is 7.11 Å². The number of hydrogen-bond donors (Lipinski definition) is 2. The molecule has 2 aromatic rings. The number of hydrogen-bond acceptors (Lipinski definition) is 5. The third-order valence-corrected chi connectivity index (χ3v) is 6.38. The summed E-state index contributed by atoms with van der Waals surface area (Å²) < 4.78 is 10.1. The lowest BCUT2D eigenvalue weighted by Gasteiger charge is -2.25. The van der Waals surface area contributed by atoms with E-state index in [0.717, 1.165) is 35.2 Å². The van der Waals surface area contributed by atoms with E-state index >= 15 is 0 Å². The van der Waals surface area contributed by atoms with Crippen molar-refractivity contribution in [1.82, 2.24) is 10.6 Å². The summed E-state index contributed by atoms with van der Waals surface area (Å²) in [4.78, 5) is 38.1. The lowest BCUT2D eigenvalue weighted by molar-refractivity contribution is -0.140. The molecule has 0 bridgehead atoms. The predicted molar refractivity (Wildman–Crippen MR) is 132 cm³/mol. The van der Waals surface area contributed by atoms with Gasteiger partial charge in [-0.25, -0.2) is 9.59 Å². The number of rotatable bonds is 7. The standard InChI is InChI=1S/C27H33N3O5/c1-26(2,3)35-25(33)29-27(15-16-27)20-10-8-19(9-11-20)22-17-28-24(32)30(22)21-12-5-18(6-13-21)7-14-23(31)34-4/h5-6,8-13,22H,7,14-17H2,1-4H3,(H,28,32)(H,29,33). The molecule has 2 N–H and O–H groups in total. The number of amides is 3. The number of benzene rings is 2. The first-order chi connectivity index (χ1) is 16.6. The Morgan fingerprint density at radius 2 is 1.74 bits per heavy atom. The number of alkyl carbamates (subject to hydrolysis) is 1. The van der Waals surface area contributed by atoms with Gasteiger partial charge in [0, 0.05) is 18.7 Å². The molecule has 1 unspecified atom stereocenters. The molecule has 0 aromatic heterocycles. The second-order valence-electron chi connectivity index (χ2n) is 10.1. The smallest absolute Gasteiger partial charge is 0.408 e. The van der Waals surface area contributed by atoms with Gasteiger partial charge in [0.2, 0.25) is 0 Å². The highest BCUT2D eigenvalue weighted by molar-refractivity contribution is 5.95. The monoisotopic (exact) mass is 479 g/mol. The molecule has 1 aliphatic heterocycles. The summed E-state index contributed by atoms with van der Waals surface area (Å²) in [6, 6.07) is 15.5. The number of nitrogens with zero attached hydrogens (tertiary/aromatic N) is 1. The molecule has 1 atom stereocenters. The minimum absolute atomic E-state index is 0.147. The zero-order valence-electron chi connectivity index (χ0n) is 20.7. The quantitative estimate of drug-likeness (QED) is 0.567. The molecule has 0 spiro atoms. The van der Waals surface area contributed by atoms with Gasteiger partial charge in [0.1, 0.15) is 5.60 Å². The zero-order chi connectivity index (χ0) is 25.2. The summed E-state index contributed by atoms with van der Waals surface area (Å²) in [7, 11) is 1.38. The van der Waals surface area contributed by atoms with E-state index in [2.05, 4.69) is 10.6 Å². The van der Waals surface area contributed by atoms with Crippen LogP contribution in [0, 0.1) is 0 Å². The normalized spacial score (nSPS) is 18.6. The molecule has 8 nitrogen and oxygen atoms in total. The van der Waals surface area contributed by atoms with Crippen LogP contribution in [0.5, 0.6) is 0 Å². The van der Waals surface area contributed by atoms with E-state index in [-0.39, 0.29) is 23.6 Å². The topological polar surface area (TPSA) is 97.0 Å². The predicted octanol–water partition coefficient (Wildman–Crippen LogP) is 4.58. The van der Waals surface area contributed by atoms with Crippen molar-refractivity contribution in [1.29, 1.82) is 0 Å². The van der Waals surface area contributed by atoms with Crippen molar-refractivity contribution in [3.63, 3.8) is 0 Å². The van der Waals surface area contributed by atoms with Gasteiger partial charge < -0.3 is 20.1 Å². The molecule has 0 radical (unpaired) electrons. The Hall–Kier alpha value is -3.55. The first-order valence-corrected chi connectivity index (χ1v) is 11.9. The molecule has 2 aromatic carbocycles. The van der Waals surface area contributed by atoms with Gasteiger partial charge in [-0.05, 0) is 68.9 Å². The van der Waals surface area contributed by atoms with Crippen molar-refractivity contribution < 1.29 is 23.9 Å². The number of anilines is 1. The van der Waals surface area contributed by atoms with E-state index in [1.807, 2.05) is 69.3 Å². The van der Waals surface area contributed by atoms with Crippen molar-refractivity contribution in [3.05, 3.63) is 65.2 Å². The Labute approximate surface area is 206 Å². The van der Waals surface area contributed by atoms with Crippen molar-refractivity contribution >= 4 is 23.8 Å². The maximum absolute atomic E-state index is 12.7. The van der Waals surface area contributed by atoms with E-state index in [9.17, 15) is 14.4 Å². The molecule has 4 rings (SSSR count). The van der Waals surface area contributed by atoms with Crippen molar-refractivity contribution in [2.24, 2.45) is 0 Å². The third-order valence-electron chi connectivity index (χ3n) is 6.38. The molecule has 1 aliphatic carbocycles. The van der Waals surface area contributed by atoms with Gasteiger partial charge in [0.05, 0.1) is 18.7 Å². The van der Waals surface area contributed by atoms with Crippen LogP contribution in [0.2, 0.25) is 0 Å². The van der Waals surface area contributed by atoms with Crippen LogP contribution in [-0.2, 0) is 26.2 Å². The van der Waals surface area contributed by atoms with Gasteiger partial charge in [0.15, 0.2) is 0 Å². The maximum atomic E-state index is 12.7. The summed E-state index contributed by atoms with van der Waals surface area (Å²) >= 11 is 0. The summed E-state index contributed by atoms with van der Waals surface area (Å²) in [6.45, 7) is 6.04. The second kappa shape index (κ2) is 9.60. The first kappa shape index (κ1) is 24.6. The second-order valence-corrected chi connectivity index (χ2v) is 10.1. The molecule has 186 valence electrons. The molecule has 3 amide bonds. The van der Waals surface area contributed by atoms with Crippen LogP contribution in [0.25, 0.3) is 0 Å². The van der Waals surface area contributed by atoms with Gasteiger partial charge in [0.25, 0.3) is 0 Å². The van der Waals surface area contributed by atoms with Crippen LogP contribution in [-0.4, -0.2) is 37.3 Å². The fourth-order valence-corrected chi connectivity index (χ4v) is 4.37. The van der Waals surface area contributed by atoms with Gasteiger partial charge in [-0.15, -0.1) is 0 Å². The number of carbonyl (C=O) groups excluding carboxylic acids is 3. The Morgan fingerprint density at radius 1 is 1.09 bits per heavy atom. The molecule has 2 fully saturated rings. The van der Waals surface area contributed by atoms with Gasteiger partial charge in [-0.1, -0.05) is 36.4 Å². The molecular weight excluding hydrogens is 446 g/mol. The van der Waals surface area contributed by atoms with Crippen molar-refractivity contribution in [2.45, 2.75) is 63.6 Å². The van der Waals surface area contributed by atoms with Crippen LogP contribution >= 0.6 is 0 Å². The summed E-state index contributed by atoms with van der Waals surface area (Å²) in [5.41, 5.74) is 2.91. The molecule has 1 saturated heterocycles. The number of aryl methyl sites for hydroxylation is 1. The molecule has 35 heavy (non-hydrogen) atoms. The summed E-state index contributed by atoms with van der Waals surface area (Å²) in [5, 5.41) is 5.97. The minimum atomic E-state index is -0.547. The lowest BCUT2D eigenvalue weighted by atomic mass is 9.99. The average Bonchev–Trinajstić information content (AvgIpc) is 3.49. The SMILES string of the molecule is COC(=O)CCc1ccc(N2C(=O)NCC2c2ccc(C3(NC(=O)OC(C)(C)C)CC3)cc2)cc1. The van der Waals surface area contributed by atoms with Gasteiger partial charge >= 0.3 is 18.1 Å². The average molecular weight is 480 g/mol. The molecule has 1 heterocycles. The number of ether oxygens (including phenoxy) is 2. The van der Waals surface area contributed by atoms with Crippen LogP contribution in [0.1, 0.15) is 62.8 Å². The number of nitrogens with one attached hydrogen (secondary N) is 2. The van der Waals surface area contributed by atoms with Crippen LogP contribution < -0.4 is 15.5 Å². The zero-order valence-corrected chi connectivity index (χ0v) is 20.7. The summed E-state index contributed by atoms with van der Waals surface area (Å²) in [6.07, 6.45) is 2.22. The largest absolute Gasteiger partial charge is 0.469 e. The minimum Gasteiger partial charge on any atom is -0.469 e.